The maximum Gasteiger partial charge on any atom is 0.147 e. The average Bonchev–Trinajstić information content (AvgIpc) is 2.30. The van der Waals surface area contributed by atoms with Crippen LogP contribution in [-0.4, -0.2) is 21.5 Å². The molecule has 64 valence electrons. The van der Waals surface area contributed by atoms with Gasteiger partial charge in [0, 0.05) is 29.4 Å². The quantitative estimate of drug-likeness (QED) is 0.563. The fraction of sp³-hybridized carbons (Fsp3) is 0.875. The molecule has 0 radical (unpaired) electrons. The third kappa shape index (κ3) is 2.15. The lowest BCUT2D eigenvalue weighted by molar-refractivity contribution is -0.119. The molecule has 1 rings (SSSR count). The lowest BCUT2D eigenvalue weighted by atomic mass is 10.0. The van der Waals surface area contributed by atoms with Crippen molar-refractivity contribution >= 4 is 28.6 Å². The molecule has 0 N–H and O–H groups in total. The SMILES string of the molecule is CC[C@@H]1C[C@@H](C(C)=O)N(I)C1. The van der Waals surface area contributed by atoms with Crippen molar-refractivity contribution in [3.05, 3.63) is 0 Å². The smallest absolute Gasteiger partial charge is 0.147 e. The number of rotatable bonds is 2. The van der Waals surface area contributed by atoms with Crippen LogP contribution in [0.1, 0.15) is 26.7 Å². The summed E-state index contributed by atoms with van der Waals surface area (Å²) in [4.78, 5) is 11.1. The van der Waals surface area contributed by atoms with Gasteiger partial charge in [0.2, 0.25) is 0 Å². The number of halogens is 1. The summed E-state index contributed by atoms with van der Waals surface area (Å²) in [5.74, 6) is 1.05. The average molecular weight is 267 g/mol. The summed E-state index contributed by atoms with van der Waals surface area (Å²) in [6, 6.07) is 0.195. The Morgan fingerprint density at radius 2 is 2.36 bits per heavy atom. The van der Waals surface area contributed by atoms with Gasteiger partial charge < -0.3 is 0 Å². The summed E-state index contributed by atoms with van der Waals surface area (Å²) in [6.45, 7) is 4.97. The fourth-order valence-corrected chi connectivity index (χ4v) is 2.71. The standard InChI is InChI=1S/C8H14INO/c1-3-7-4-8(6(2)11)10(9)5-7/h7-8H,3-5H2,1-2H3/t7-,8+/m1/s1. The first kappa shape index (κ1) is 9.45. The van der Waals surface area contributed by atoms with Crippen LogP contribution in [0.15, 0.2) is 0 Å². The van der Waals surface area contributed by atoms with Gasteiger partial charge in [0.15, 0.2) is 0 Å². The Morgan fingerprint density at radius 1 is 1.73 bits per heavy atom. The second kappa shape index (κ2) is 3.85. The van der Waals surface area contributed by atoms with E-state index in [1.54, 1.807) is 6.92 Å². The largest absolute Gasteiger partial charge is 0.298 e. The van der Waals surface area contributed by atoms with E-state index in [0.29, 0.717) is 5.78 Å². The second-order valence-corrected chi connectivity index (χ2v) is 4.46. The maximum absolute atomic E-state index is 11.1. The Morgan fingerprint density at radius 3 is 2.64 bits per heavy atom. The summed E-state index contributed by atoms with van der Waals surface area (Å²) in [5.41, 5.74) is 0. The molecule has 1 aliphatic rings. The molecule has 0 bridgehead atoms. The van der Waals surface area contributed by atoms with Crippen LogP contribution in [0.4, 0.5) is 0 Å². The topological polar surface area (TPSA) is 20.3 Å². The molecule has 1 saturated heterocycles. The van der Waals surface area contributed by atoms with Gasteiger partial charge in [-0.05, 0) is 19.3 Å². The molecule has 1 heterocycles. The van der Waals surface area contributed by atoms with E-state index in [9.17, 15) is 4.79 Å². The van der Waals surface area contributed by atoms with Gasteiger partial charge in [-0.15, -0.1) is 0 Å². The van der Waals surface area contributed by atoms with E-state index >= 15 is 0 Å². The van der Waals surface area contributed by atoms with Crippen LogP contribution in [0.25, 0.3) is 0 Å². The van der Waals surface area contributed by atoms with E-state index in [4.69, 9.17) is 0 Å². The molecule has 0 unspecified atom stereocenters. The molecule has 2 nitrogen and oxygen atoms in total. The minimum atomic E-state index is 0.195. The molecular weight excluding hydrogens is 253 g/mol. The molecule has 0 spiro atoms. The van der Waals surface area contributed by atoms with Gasteiger partial charge >= 0.3 is 0 Å². The first-order chi connectivity index (χ1) is 5.15. The minimum absolute atomic E-state index is 0.195. The van der Waals surface area contributed by atoms with Gasteiger partial charge in [-0.3, -0.25) is 4.79 Å². The summed E-state index contributed by atoms with van der Waals surface area (Å²) in [6.07, 6.45) is 2.26. The van der Waals surface area contributed by atoms with E-state index in [2.05, 4.69) is 32.9 Å². The summed E-state index contributed by atoms with van der Waals surface area (Å²) < 4.78 is 2.15. The number of ketones is 1. The van der Waals surface area contributed by atoms with Crippen molar-refractivity contribution in [3.8, 4) is 0 Å². The number of nitrogens with zero attached hydrogens (tertiary/aromatic N) is 1. The molecule has 1 aliphatic heterocycles. The Balaban J connectivity index is 2.51. The van der Waals surface area contributed by atoms with E-state index in [1.165, 1.54) is 6.42 Å². The second-order valence-electron chi connectivity index (χ2n) is 3.22. The van der Waals surface area contributed by atoms with Crippen LogP contribution in [0.2, 0.25) is 0 Å². The highest BCUT2D eigenvalue weighted by molar-refractivity contribution is 14.1. The predicted molar refractivity (Wildman–Crippen MR) is 53.6 cm³/mol. The lowest BCUT2D eigenvalue weighted by Crippen LogP contribution is -2.26. The van der Waals surface area contributed by atoms with Crippen molar-refractivity contribution in [3.63, 3.8) is 0 Å². The number of carbonyl (C=O) groups is 1. The third-order valence-electron chi connectivity index (χ3n) is 2.37. The molecule has 0 aromatic carbocycles. The molecule has 3 heteroatoms. The van der Waals surface area contributed by atoms with Crippen LogP contribution < -0.4 is 0 Å². The van der Waals surface area contributed by atoms with Gasteiger partial charge in [-0.25, -0.2) is 3.11 Å². The van der Waals surface area contributed by atoms with E-state index in [0.717, 1.165) is 18.9 Å². The molecule has 1 fully saturated rings. The Kier molecular flexibility index (Phi) is 3.30. The minimum Gasteiger partial charge on any atom is -0.298 e. The van der Waals surface area contributed by atoms with E-state index in [-0.39, 0.29) is 6.04 Å². The highest BCUT2D eigenvalue weighted by Crippen LogP contribution is 2.28. The molecule has 0 aliphatic carbocycles. The van der Waals surface area contributed by atoms with Crippen molar-refractivity contribution < 1.29 is 4.79 Å². The van der Waals surface area contributed by atoms with Crippen LogP contribution in [0.5, 0.6) is 0 Å². The molecule has 2 atom stereocenters. The zero-order valence-corrected chi connectivity index (χ0v) is 9.17. The van der Waals surface area contributed by atoms with Crippen molar-refractivity contribution in [2.75, 3.05) is 6.54 Å². The Labute approximate surface area is 81.8 Å². The van der Waals surface area contributed by atoms with Crippen molar-refractivity contribution in [1.82, 2.24) is 3.11 Å². The van der Waals surface area contributed by atoms with Crippen molar-refractivity contribution in [2.45, 2.75) is 32.7 Å². The Bertz CT molecular complexity index is 160. The zero-order valence-electron chi connectivity index (χ0n) is 7.01. The van der Waals surface area contributed by atoms with Crippen LogP contribution in [0.3, 0.4) is 0 Å². The number of Topliss-reactive ketones (excluding diaryl/α,β-unsaturated/α-hetero) is 1. The maximum atomic E-state index is 11.1. The molecule has 0 saturated carbocycles. The van der Waals surface area contributed by atoms with Crippen LogP contribution in [-0.2, 0) is 4.79 Å². The van der Waals surface area contributed by atoms with Gasteiger partial charge in [-0.1, -0.05) is 13.3 Å². The predicted octanol–water partition coefficient (Wildman–Crippen LogP) is 2.03. The number of hydrogen-bond acceptors (Lipinski definition) is 2. The first-order valence-electron chi connectivity index (χ1n) is 4.08. The van der Waals surface area contributed by atoms with Crippen molar-refractivity contribution in [2.24, 2.45) is 5.92 Å². The van der Waals surface area contributed by atoms with Crippen LogP contribution in [0, 0.1) is 5.92 Å². The normalized spacial score (nSPS) is 32.6. The zero-order chi connectivity index (χ0) is 8.43. The lowest BCUT2D eigenvalue weighted by Gasteiger charge is -2.12. The number of hydrogen-bond donors (Lipinski definition) is 0. The highest BCUT2D eigenvalue weighted by atomic mass is 127. The van der Waals surface area contributed by atoms with Gasteiger partial charge in [0.1, 0.15) is 5.78 Å². The van der Waals surface area contributed by atoms with Crippen LogP contribution >= 0.6 is 22.9 Å². The van der Waals surface area contributed by atoms with Gasteiger partial charge in [0.05, 0.1) is 6.04 Å². The Hall–Kier alpha value is 0.360. The summed E-state index contributed by atoms with van der Waals surface area (Å²) in [7, 11) is 0. The monoisotopic (exact) mass is 267 g/mol. The van der Waals surface area contributed by atoms with Gasteiger partial charge in [-0.2, -0.15) is 0 Å². The van der Waals surface area contributed by atoms with Gasteiger partial charge in [0.25, 0.3) is 0 Å². The third-order valence-corrected chi connectivity index (χ3v) is 3.44. The molecule has 0 aromatic heterocycles. The summed E-state index contributed by atoms with van der Waals surface area (Å²) >= 11 is 2.26. The molecule has 0 aromatic rings. The van der Waals surface area contributed by atoms with Crippen molar-refractivity contribution in [1.29, 1.82) is 0 Å². The fourth-order valence-electron chi connectivity index (χ4n) is 1.54. The highest BCUT2D eigenvalue weighted by Gasteiger charge is 2.32. The van der Waals surface area contributed by atoms with E-state index < -0.39 is 0 Å². The summed E-state index contributed by atoms with van der Waals surface area (Å²) in [5, 5.41) is 0. The number of carbonyl (C=O) groups excluding carboxylic acids is 1. The molecule has 11 heavy (non-hydrogen) atoms. The molecular formula is C8H14INO. The van der Waals surface area contributed by atoms with E-state index in [1.807, 2.05) is 0 Å². The molecule has 0 amide bonds. The first-order valence-corrected chi connectivity index (χ1v) is 5.04.